The van der Waals surface area contributed by atoms with Crippen LogP contribution in [0.1, 0.15) is 5.82 Å². The van der Waals surface area contributed by atoms with Gasteiger partial charge in [-0.1, -0.05) is 12.1 Å². The Morgan fingerprint density at radius 1 is 1.05 bits per heavy atom. The number of hydrogen-bond donors (Lipinski definition) is 0. The summed E-state index contributed by atoms with van der Waals surface area (Å²) in [6, 6.07) is 15.1. The van der Waals surface area contributed by atoms with E-state index in [1.807, 2.05) is 67.1 Å². The molecule has 0 aliphatic rings. The molecule has 0 bridgehead atoms. The standard InChI is InChI=1S/C17H17N2O2/c1-12-18(2)16-7-5-4-6-15(16)17(20)19(12)13-8-10-14(21-3)11-9-13/h4-11H,1-3H3/q+1. The number of aryl methyl sites for hydroxylation is 1. The third-order valence-corrected chi connectivity index (χ3v) is 3.84. The van der Waals surface area contributed by atoms with Gasteiger partial charge in [0.1, 0.15) is 22.3 Å². The average molecular weight is 281 g/mol. The van der Waals surface area contributed by atoms with Crippen LogP contribution in [0.15, 0.2) is 53.3 Å². The topological polar surface area (TPSA) is 35.1 Å². The van der Waals surface area contributed by atoms with E-state index >= 15 is 0 Å². The average Bonchev–Trinajstić information content (AvgIpc) is 2.53. The molecule has 0 radical (unpaired) electrons. The number of para-hydroxylation sites is 1. The Morgan fingerprint density at radius 2 is 1.71 bits per heavy atom. The Labute approximate surface area is 122 Å². The summed E-state index contributed by atoms with van der Waals surface area (Å²) in [6.07, 6.45) is 0. The lowest BCUT2D eigenvalue weighted by molar-refractivity contribution is -0.655. The van der Waals surface area contributed by atoms with Gasteiger partial charge in [0, 0.05) is 6.92 Å². The largest absolute Gasteiger partial charge is 0.497 e. The molecule has 4 nitrogen and oxygen atoms in total. The quantitative estimate of drug-likeness (QED) is 0.675. The highest BCUT2D eigenvalue weighted by Gasteiger charge is 2.19. The van der Waals surface area contributed by atoms with Crippen molar-refractivity contribution in [1.82, 2.24) is 4.57 Å². The van der Waals surface area contributed by atoms with Crippen LogP contribution in [-0.2, 0) is 7.05 Å². The smallest absolute Gasteiger partial charge is 0.350 e. The summed E-state index contributed by atoms with van der Waals surface area (Å²) in [4.78, 5) is 12.8. The van der Waals surface area contributed by atoms with Crippen LogP contribution in [0, 0.1) is 6.92 Å². The summed E-state index contributed by atoms with van der Waals surface area (Å²) in [5, 5.41) is 0.710. The van der Waals surface area contributed by atoms with Crippen molar-refractivity contribution in [2.45, 2.75) is 6.92 Å². The van der Waals surface area contributed by atoms with Crippen LogP contribution in [0.3, 0.4) is 0 Å². The van der Waals surface area contributed by atoms with E-state index in [-0.39, 0.29) is 5.56 Å². The fraction of sp³-hybridized carbons (Fsp3) is 0.176. The number of ether oxygens (including phenoxy) is 1. The van der Waals surface area contributed by atoms with Crippen molar-refractivity contribution < 1.29 is 9.30 Å². The Morgan fingerprint density at radius 3 is 2.38 bits per heavy atom. The van der Waals surface area contributed by atoms with Crippen molar-refractivity contribution in [2.24, 2.45) is 7.05 Å². The van der Waals surface area contributed by atoms with Crippen LogP contribution in [0.4, 0.5) is 0 Å². The second kappa shape index (κ2) is 5.05. The molecule has 4 heteroatoms. The number of rotatable bonds is 2. The van der Waals surface area contributed by atoms with Gasteiger partial charge in [-0.3, -0.25) is 0 Å². The highest BCUT2D eigenvalue weighted by molar-refractivity contribution is 5.74. The van der Waals surface area contributed by atoms with Gasteiger partial charge in [0.15, 0.2) is 0 Å². The van der Waals surface area contributed by atoms with Gasteiger partial charge in [0.05, 0.1) is 14.2 Å². The van der Waals surface area contributed by atoms with Crippen molar-refractivity contribution in [2.75, 3.05) is 7.11 Å². The molecule has 2 aromatic carbocycles. The highest BCUT2D eigenvalue weighted by Crippen LogP contribution is 2.15. The minimum absolute atomic E-state index is 0.00799. The van der Waals surface area contributed by atoms with Gasteiger partial charge in [-0.2, -0.15) is 4.57 Å². The molecule has 3 rings (SSSR count). The van der Waals surface area contributed by atoms with Crippen LogP contribution in [0.25, 0.3) is 16.6 Å². The maximum absolute atomic E-state index is 12.8. The second-order valence-electron chi connectivity index (χ2n) is 4.96. The van der Waals surface area contributed by atoms with E-state index in [0.29, 0.717) is 5.39 Å². The lowest BCUT2D eigenvalue weighted by Crippen LogP contribution is -2.41. The fourth-order valence-corrected chi connectivity index (χ4v) is 2.57. The predicted octanol–water partition coefficient (Wildman–Crippen LogP) is 2.13. The SMILES string of the molecule is COc1ccc(-n2c(C)[n+](C)c3ccccc3c2=O)cc1. The van der Waals surface area contributed by atoms with E-state index in [0.717, 1.165) is 22.8 Å². The van der Waals surface area contributed by atoms with Gasteiger partial charge >= 0.3 is 5.56 Å². The normalized spacial score (nSPS) is 10.8. The maximum Gasteiger partial charge on any atom is 0.350 e. The van der Waals surface area contributed by atoms with E-state index in [1.54, 1.807) is 11.7 Å². The molecule has 0 amide bonds. The first-order valence-corrected chi connectivity index (χ1v) is 6.78. The second-order valence-corrected chi connectivity index (χ2v) is 4.96. The van der Waals surface area contributed by atoms with Crippen LogP contribution < -0.4 is 14.9 Å². The van der Waals surface area contributed by atoms with Gasteiger partial charge < -0.3 is 4.74 Å². The molecule has 0 aliphatic carbocycles. The number of methoxy groups -OCH3 is 1. The molecule has 0 atom stereocenters. The molecule has 0 fully saturated rings. The third-order valence-electron chi connectivity index (χ3n) is 3.84. The summed E-state index contributed by atoms with van der Waals surface area (Å²) in [5.41, 5.74) is 1.76. The molecule has 21 heavy (non-hydrogen) atoms. The van der Waals surface area contributed by atoms with Gasteiger partial charge in [0.25, 0.3) is 5.82 Å². The van der Waals surface area contributed by atoms with Crippen LogP contribution in [0.5, 0.6) is 5.75 Å². The molecule has 0 saturated heterocycles. The van der Waals surface area contributed by atoms with Gasteiger partial charge in [0.2, 0.25) is 0 Å². The molecule has 3 aromatic rings. The molecule has 1 aromatic heterocycles. The molecule has 1 heterocycles. The summed E-state index contributed by atoms with van der Waals surface area (Å²) in [7, 11) is 3.60. The Balaban J connectivity index is 2.34. The molecule has 0 N–H and O–H groups in total. The molecule has 0 spiro atoms. The van der Waals surface area contributed by atoms with Gasteiger partial charge in [-0.25, -0.2) is 9.36 Å². The number of fused-ring (bicyclic) bond motifs is 1. The lowest BCUT2D eigenvalue weighted by Gasteiger charge is -2.08. The zero-order chi connectivity index (χ0) is 15.0. The lowest BCUT2D eigenvalue weighted by atomic mass is 10.2. The number of benzene rings is 2. The van der Waals surface area contributed by atoms with Crippen LogP contribution >= 0.6 is 0 Å². The first-order valence-electron chi connectivity index (χ1n) is 6.78. The third kappa shape index (κ3) is 2.09. The molecule has 0 aliphatic heterocycles. The van der Waals surface area contributed by atoms with Gasteiger partial charge in [-0.05, 0) is 36.4 Å². The van der Waals surface area contributed by atoms with Gasteiger partial charge in [-0.15, -0.1) is 0 Å². The number of nitrogens with zero attached hydrogens (tertiary/aromatic N) is 2. The van der Waals surface area contributed by atoms with Crippen molar-refractivity contribution in [1.29, 1.82) is 0 Å². The van der Waals surface area contributed by atoms with Crippen molar-refractivity contribution >= 4 is 10.9 Å². The minimum atomic E-state index is -0.00799. The summed E-state index contributed by atoms with van der Waals surface area (Å²) >= 11 is 0. The molecular formula is C17H17N2O2+. The summed E-state index contributed by atoms with van der Waals surface area (Å²) in [6.45, 7) is 1.94. The predicted molar refractivity (Wildman–Crippen MR) is 82.0 cm³/mol. The minimum Gasteiger partial charge on any atom is -0.497 e. The monoisotopic (exact) mass is 281 g/mol. The zero-order valence-electron chi connectivity index (χ0n) is 12.3. The Bertz CT molecular complexity index is 864. The summed E-state index contributed by atoms with van der Waals surface area (Å²) in [5.74, 6) is 1.65. The van der Waals surface area contributed by atoms with Crippen LogP contribution in [0.2, 0.25) is 0 Å². The number of aromatic nitrogens is 2. The first-order chi connectivity index (χ1) is 10.1. The Hall–Kier alpha value is -2.62. The van der Waals surface area contributed by atoms with Crippen molar-refractivity contribution in [3.63, 3.8) is 0 Å². The van der Waals surface area contributed by atoms with E-state index in [4.69, 9.17) is 4.74 Å². The van der Waals surface area contributed by atoms with Crippen LogP contribution in [-0.4, -0.2) is 11.7 Å². The Kier molecular flexibility index (Phi) is 3.22. The van der Waals surface area contributed by atoms with Crippen molar-refractivity contribution in [3.8, 4) is 11.4 Å². The first kappa shape index (κ1) is 13.4. The van der Waals surface area contributed by atoms with E-state index < -0.39 is 0 Å². The fourth-order valence-electron chi connectivity index (χ4n) is 2.57. The zero-order valence-corrected chi connectivity index (χ0v) is 12.3. The molecular weight excluding hydrogens is 264 g/mol. The highest BCUT2D eigenvalue weighted by atomic mass is 16.5. The van der Waals surface area contributed by atoms with E-state index in [2.05, 4.69) is 0 Å². The molecule has 0 saturated carbocycles. The summed E-state index contributed by atoms with van der Waals surface area (Å²) < 4.78 is 8.92. The van der Waals surface area contributed by atoms with E-state index in [9.17, 15) is 4.79 Å². The van der Waals surface area contributed by atoms with Crippen molar-refractivity contribution in [3.05, 3.63) is 64.7 Å². The maximum atomic E-state index is 12.8. The molecule has 106 valence electrons. The molecule has 0 unspecified atom stereocenters. The van der Waals surface area contributed by atoms with E-state index in [1.165, 1.54) is 0 Å². The number of hydrogen-bond acceptors (Lipinski definition) is 2.